The zero-order valence-electron chi connectivity index (χ0n) is 12.4. The van der Waals surface area contributed by atoms with Crippen LogP contribution in [0, 0.1) is 0 Å². The number of phenolic OH excluding ortho intramolecular Hbond substituents is 1. The van der Waals surface area contributed by atoms with Crippen molar-refractivity contribution in [1.29, 1.82) is 0 Å². The van der Waals surface area contributed by atoms with Gasteiger partial charge < -0.3 is 20.1 Å². The van der Waals surface area contributed by atoms with Gasteiger partial charge in [-0.3, -0.25) is 4.79 Å². The highest BCUT2D eigenvalue weighted by atomic mass is 79.9. The molecule has 1 aromatic rings. The Hall–Kier alpha value is -1.27. The number of ether oxygens (including phenoxy) is 1. The fourth-order valence-corrected chi connectivity index (χ4v) is 2.94. The van der Waals surface area contributed by atoms with Crippen LogP contribution < -0.4 is 10.1 Å². The first-order valence-electron chi connectivity index (χ1n) is 7.10. The molecule has 0 saturated carbocycles. The third kappa shape index (κ3) is 3.89. The van der Waals surface area contributed by atoms with E-state index in [0.29, 0.717) is 16.8 Å². The van der Waals surface area contributed by atoms with Gasteiger partial charge in [0.25, 0.3) is 0 Å². The first kappa shape index (κ1) is 16.1. The van der Waals surface area contributed by atoms with Crippen LogP contribution in [0.2, 0.25) is 0 Å². The van der Waals surface area contributed by atoms with Gasteiger partial charge >= 0.3 is 0 Å². The topological polar surface area (TPSA) is 61.8 Å². The van der Waals surface area contributed by atoms with Crippen molar-refractivity contribution in [2.75, 3.05) is 20.2 Å². The van der Waals surface area contributed by atoms with Gasteiger partial charge in [-0.15, -0.1) is 0 Å². The number of methoxy groups -OCH3 is 1. The van der Waals surface area contributed by atoms with Crippen molar-refractivity contribution in [2.45, 2.75) is 32.4 Å². The molecule has 6 heteroatoms. The summed E-state index contributed by atoms with van der Waals surface area (Å²) >= 11 is 3.29. The molecule has 1 saturated heterocycles. The number of aromatic hydroxyl groups is 1. The maximum Gasteiger partial charge on any atom is 0.239 e. The highest BCUT2D eigenvalue weighted by Crippen LogP contribution is 2.35. The van der Waals surface area contributed by atoms with Gasteiger partial charge in [-0.2, -0.15) is 0 Å². The number of carbonyl (C=O) groups excluding carboxylic acids is 1. The smallest absolute Gasteiger partial charge is 0.239 e. The maximum atomic E-state index is 12.2. The van der Waals surface area contributed by atoms with Crippen molar-refractivity contribution in [3.8, 4) is 11.5 Å². The molecule has 21 heavy (non-hydrogen) atoms. The second kappa shape index (κ2) is 7.13. The molecule has 0 spiro atoms. The van der Waals surface area contributed by atoms with Crippen molar-refractivity contribution in [3.05, 3.63) is 22.2 Å². The standard InChI is InChI=1S/C15H21BrN2O3/c1-10(15(20)18-5-3-4-6-18)17-9-11-7-12(16)14(19)13(8-11)21-2/h7-8,10,17,19H,3-6,9H2,1-2H3. The van der Waals surface area contributed by atoms with Crippen molar-refractivity contribution in [2.24, 2.45) is 0 Å². The fraction of sp³-hybridized carbons (Fsp3) is 0.533. The zero-order valence-corrected chi connectivity index (χ0v) is 13.9. The normalized spacial score (nSPS) is 16.0. The quantitative estimate of drug-likeness (QED) is 0.849. The van der Waals surface area contributed by atoms with Crippen LogP contribution in [0.25, 0.3) is 0 Å². The molecule has 0 aliphatic carbocycles. The lowest BCUT2D eigenvalue weighted by Crippen LogP contribution is -2.43. The second-order valence-corrected chi connectivity index (χ2v) is 6.12. The molecular formula is C15H21BrN2O3. The van der Waals surface area contributed by atoms with E-state index in [4.69, 9.17) is 4.74 Å². The molecule has 5 nitrogen and oxygen atoms in total. The lowest BCUT2D eigenvalue weighted by atomic mass is 10.2. The zero-order chi connectivity index (χ0) is 15.4. The average Bonchev–Trinajstić information content (AvgIpc) is 3.01. The number of halogens is 1. The van der Waals surface area contributed by atoms with Crippen LogP contribution in [0.3, 0.4) is 0 Å². The van der Waals surface area contributed by atoms with Gasteiger partial charge in [0.05, 0.1) is 17.6 Å². The predicted octanol–water partition coefficient (Wildman–Crippen LogP) is 2.26. The molecule has 0 bridgehead atoms. The number of rotatable bonds is 5. The molecule has 1 aliphatic heterocycles. The van der Waals surface area contributed by atoms with E-state index in [1.807, 2.05) is 17.9 Å². The van der Waals surface area contributed by atoms with Gasteiger partial charge in [-0.25, -0.2) is 0 Å². The summed E-state index contributed by atoms with van der Waals surface area (Å²) in [6, 6.07) is 3.36. The molecule has 1 aromatic carbocycles. The van der Waals surface area contributed by atoms with Gasteiger partial charge in [0.2, 0.25) is 5.91 Å². The third-order valence-electron chi connectivity index (χ3n) is 3.71. The molecule has 1 fully saturated rings. The fourth-order valence-electron chi connectivity index (χ4n) is 2.45. The van der Waals surface area contributed by atoms with E-state index in [-0.39, 0.29) is 17.7 Å². The first-order valence-corrected chi connectivity index (χ1v) is 7.89. The Balaban J connectivity index is 1.96. The average molecular weight is 357 g/mol. The van der Waals surface area contributed by atoms with E-state index in [0.717, 1.165) is 31.5 Å². The van der Waals surface area contributed by atoms with Gasteiger partial charge in [0.1, 0.15) is 0 Å². The molecule has 116 valence electrons. The highest BCUT2D eigenvalue weighted by Gasteiger charge is 2.22. The van der Waals surface area contributed by atoms with Crippen LogP contribution in [-0.4, -0.2) is 42.2 Å². The summed E-state index contributed by atoms with van der Waals surface area (Å²) < 4.78 is 5.70. The number of phenols is 1. The Kier molecular flexibility index (Phi) is 5.47. The number of nitrogens with zero attached hydrogens (tertiary/aromatic N) is 1. The number of nitrogens with one attached hydrogen (secondary N) is 1. The largest absolute Gasteiger partial charge is 0.503 e. The van der Waals surface area contributed by atoms with Crippen molar-refractivity contribution in [1.82, 2.24) is 10.2 Å². The van der Waals surface area contributed by atoms with E-state index in [1.165, 1.54) is 7.11 Å². The van der Waals surface area contributed by atoms with E-state index < -0.39 is 0 Å². The number of benzene rings is 1. The minimum atomic E-state index is -0.221. The molecule has 1 aliphatic rings. The van der Waals surface area contributed by atoms with Crippen LogP contribution in [0.5, 0.6) is 11.5 Å². The van der Waals surface area contributed by atoms with Crippen molar-refractivity contribution >= 4 is 21.8 Å². The molecule has 2 rings (SSSR count). The Morgan fingerprint density at radius 1 is 1.48 bits per heavy atom. The SMILES string of the molecule is COc1cc(CNC(C)C(=O)N2CCCC2)cc(Br)c1O. The molecule has 1 heterocycles. The predicted molar refractivity (Wildman–Crippen MR) is 84.5 cm³/mol. The molecule has 1 atom stereocenters. The Labute approximate surface area is 133 Å². The second-order valence-electron chi connectivity index (χ2n) is 5.26. The summed E-state index contributed by atoms with van der Waals surface area (Å²) in [5.41, 5.74) is 0.942. The highest BCUT2D eigenvalue weighted by molar-refractivity contribution is 9.10. The first-order chi connectivity index (χ1) is 10.0. The lowest BCUT2D eigenvalue weighted by molar-refractivity contribution is -0.131. The van der Waals surface area contributed by atoms with Crippen molar-refractivity contribution in [3.63, 3.8) is 0 Å². The van der Waals surface area contributed by atoms with Crippen LogP contribution in [0.1, 0.15) is 25.3 Å². The molecule has 0 aromatic heterocycles. The van der Waals surface area contributed by atoms with Crippen LogP contribution in [0.4, 0.5) is 0 Å². The Morgan fingerprint density at radius 3 is 2.76 bits per heavy atom. The minimum absolute atomic E-state index is 0.0856. The maximum absolute atomic E-state index is 12.2. The van der Waals surface area contributed by atoms with Crippen LogP contribution in [0.15, 0.2) is 16.6 Å². The van der Waals surface area contributed by atoms with Crippen LogP contribution >= 0.6 is 15.9 Å². The number of hydrogen-bond acceptors (Lipinski definition) is 4. The number of amides is 1. The van der Waals surface area contributed by atoms with Gasteiger partial charge in [-0.1, -0.05) is 0 Å². The monoisotopic (exact) mass is 356 g/mol. The molecular weight excluding hydrogens is 336 g/mol. The van der Waals surface area contributed by atoms with E-state index in [9.17, 15) is 9.90 Å². The third-order valence-corrected chi connectivity index (χ3v) is 4.31. The summed E-state index contributed by atoms with van der Waals surface area (Å²) in [6.45, 7) is 4.15. The Bertz CT molecular complexity index is 516. The molecule has 1 unspecified atom stereocenters. The number of carbonyl (C=O) groups is 1. The number of hydrogen-bond donors (Lipinski definition) is 2. The van der Waals surface area contributed by atoms with Gasteiger partial charge in [-0.05, 0) is 53.4 Å². The minimum Gasteiger partial charge on any atom is -0.503 e. The van der Waals surface area contributed by atoms with E-state index >= 15 is 0 Å². The molecule has 1 amide bonds. The number of likely N-dealkylation sites (tertiary alicyclic amines) is 1. The summed E-state index contributed by atoms with van der Waals surface area (Å²) in [6.07, 6.45) is 2.20. The summed E-state index contributed by atoms with van der Waals surface area (Å²) in [4.78, 5) is 14.1. The van der Waals surface area contributed by atoms with Gasteiger partial charge in [0, 0.05) is 19.6 Å². The summed E-state index contributed by atoms with van der Waals surface area (Å²) in [7, 11) is 1.51. The lowest BCUT2D eigenvalue weighted by Gasteiger charge is -2.21. The molecule has 2 N–H and O–H groups in total. The Morgan fingerprint density at radius 2 is 2.14 bits per heavy atom. The van der Waals surface area contributed by atoms with Gasteiger partial charge in [0.15, 0.2) is 11.5 Å². The van der Waals surface area contributed by atoms with Crippen LogP contribution in [-0.2, 0) is 11.3 Å². The van der Waals surface area contributed by atoms with E-state index in [2.05, 4.69) is 21.2 Å². The van der Waals surface area contributed by atoms with Crippen molar-refractivity contribution < 1.29 is 14.6 Å². The summed E-state index contributed by atoms with van der Waals surface area (Å²) in [5.74, 6) is 0.652. The summed E-state index contributed by atoms with van der Waals surface area (Å²) in [5, 5.41) is 13.0. The van der Waals surface area contributed by atoms with E-state index in [1.54, 1.807) is 6.07 Å². The molecule has 0 radical (unpaired) electrons.